The average Bonchev–Trinajstić information content (AvgIpc) is 2.70. The minimum absolute atomic E-state index is 0.129. The molecule has 20 heavy (non-hydrogen) atoms. The lowest BCUT2D eigenvalue weighted by Gasteiger charge is -2.08. The van der Waals surface area contributed by atoms with Crippen molar-refractivity contribution < 1.29 is 8.78 Å². The van der Waals surface area contributed by atoms with E-state index in [0.29, 0.717) is 16.7 Å². The number of benzene rings is 2. The van der Waals surface area contributed by atoms with Crippen LogP contribution in [0.1, 0.15) is 0 Å². The van der Waals surface area contributed by atoms with Gasteiger partial charge in [0.1, 0.15) is 5.82 Å². The number of hydrogen-bond donors (Lipinski definition) is 1. The van der Waals surface area contributed by atoms with Crippen LogP contribution in [0.4, 0.5) is 14.7 Å². The monoisotopic (exact) mass is 313 g/mol. The number of aromatic nitrogens is 2. The maximum absolute atomic E-state index is 13.5. The summed E-state index contributed by atoms with van der Waals surface area (Å²) in [6.07, 6.45) is 0. The van der Waals surface area contributed by atoms with Crippen molar-refractivity contribution in [3.8, 4) is 5.69 Å². The lowest BCUT2D eigenvalue weighted by Crippen LogP contribution is -2.01. The number of imidazole rings is 1. The summed E-state index contributed by atoms with van der Waals surface area (Å²) in [7, 11) is 0. The second kappa shape index (κ2) is 4.61. The molecule has 0 aliphatic carbocycles. The molecule has 0 atom stereocenters. The summed E-state index contributed by atoms with van der Waals surface area (Å²) < 4.78 is 28.1. The fourth-order valence-corrected chi connectivity index (χ4v) is 2.49. The molecule has 0 bridgehead atoms. The highest BCUT2D eigenvalue weighted by Crippen LogP contribution is 2.30. The zero-order chi connectivity index (χ0) is 14.4. The lowest BCUT2D eigenvalue weighted by atomic mass is 10.2. The average molecular weight is 314 g/mol. The third kappa shape index (κ3) is 1.99. The Labute approximate surface area is 122 Å². The van der Waals surface area contributed by atoms with Gasteiger partial charge in [0.15, 0.2) is 5.82 Å². The van der Waals surface area contributed by atoms with E-state index in [0.717, 1.165) is 0 Å². The fraction of sp³-hybridized carbons (Fsp3) is 0. The van der Waals surface area contributed by atoms with Crippen LogP contribution in [0.15, 0.2) is 30.3 Å². The van der Waals surface area contributed by atoms with Crippen molar-refractivity contribution in [2.24, 2.45) is 0 Å². The van der Waals surface area contributed by atoms with E-state index >= 15 is 0 Å². The normalized spacial score (nSPS) is 11.2. The summed E-state index contributed by atoms with van der Waals surface area (Å²) in [4.78, 5) is 4.05. The molecular formula is C13H7Cl2F2N3. The predicted octanol–water partition coefficient (Wildman–Crippen LogP) is 4.19. The third-order valence-corrected chi connectivity index (χ3v) is 3.42. The minimum atomic E-state index is -0.703. The van der Waals surface area contributed by atoms with Crippen LogP contribution in [0, 0.1) is 11.6 Å². The minimum Gasteiger partial charge on any atom is -0.369 e. The van der Waals surface area contributed by atoms with Crippen LogP contribution in [0.2, 0.25) is 10.0 Å². The van der Waals surface area contributed by atoms with Crippen molar-refractivity contribution >= 4 is 40.2 Å². The molecule has 0 amide bonds. The number of rotatable bonds is 1. The zero-order valence-electron chi connectivity index (χ0n) is 9.87. The molecule has 1 heterocycles. The summed E-state index contributed by atoms with van der Waals surface area (Å²) >= 11 is 11.5. The molecule has 2 N–H and O–H groups in total. The van der Waals surface area contributed by atoms with Gasteiger partial charge < -0.3 is 5.73 Å². The summed E-state index contributed by atoms with van der Waals surface area (Å²) in [6.45, 7) is 0. The van der Waals surface area contributed by atoms with Crippen LogP contribution in [0.5, 0.6) is 0 Å². The molecule has 0 radical (unpaired) electrons. The largest absolute Gasteiger partial charge is 0.369 e. The molecule has 0 saturated carbocycles. The molecule has 0 unspecified atom stereocenters. The quantitative estimate of drug-likeness (QED) is 0.684. The van der Waals surface area contributed by atoms with Crippen LogP contribution < -0.4 is 5.73 Å². The molecule has 102 valence electrons. The number of anilines is 1. The molecule has 3 nitrogen and oxygen atoms in total. The van der Waals surface area contributed by atoms with Gasteiger partial charge in [-0.1, -0.05) is 23.2 Å². The van der Waals surface area contributed by atoms with Gasteiger partial charge in [-0.3, -0.25) is 4.57 Å². The highest BCUT2D eigenvalue weighted by Gasteiger charge is 2.14. The van der Waals surface area contributed by atoms with Gasteiger partial charge in [-0.2, -0.15) is 0 Å². The molecule has 0 aliphatic heterocycles. The van der Waals surface area contributed by atoms with E-state index in [9.17, 15) is 8.78 Å². The van der Waals surface area contributed by atoms with Crippen molar-refractivity contribution in [3.05, 3.63) is 52.0 Å². The highest BCUT2D eigenvalue weighted by molar-refractivity contribution is 6.35. The van der Waals surface area contributed by atoms with Crippen LogP contribution >= 0.6 is 23.2 Å². The van der Waals surface area contributed by atoms with Gasteiger partial charge in [0, 0.05) is 6.07 Å². The second-order valence-corrected chi connectivity index (χ2v) is 4.98. The fourth-order valence-electron chi connectivity index (χ4n) is 2.01. The summed E-state index contributed by atoms with van der Waals surface area (Å²) in [5.41, 5.74) is 7.23. The molecular weight excluding hydrogens is 307 g/mol. The first-order chi connectivity index (χ1) is 9.47. The number of hydrogen-bond acceptors (Lipinski definition) is 2. The Morgan fingerprint density at radius 1 is 1.05 bits per heavy atom. The first-order valence-electron chi connectivity index (χ1n) is 5.56. The van der Waals surface area contributed by atoms with Crippen molar-refractivity contribution in [3.63, 3.8) is 0 Å². The van der Waals surface area contributed by atoms with Gasteiger partial charge in [0.25, 0.3) is 0 Å². The number of nitrogens with zero attached hydrogens (tertiary/aromatic N) is 2. The van der Waals surface area contributed by atoms with Gasteiger partial charge in [0.05, 0.1) is 26.8 Å². The van der Waals surface area contributed by atoms with Gasteiger partial charge in [-0.05, 0) is 24.3 Å². The van der Waals surface area contributed by atoms with Crippen molar-refractivity contribution in [2.75, 3.05) is 5.73 Å². The van der Waals surface area contributed by atoms with E-state index in [1.807, 2.05) is 0 Å². The molecule has 1 aromatic heterocycles. The van der Waals surface area contributed by atoms with Gasteiger partial charge >= 0.3 is 0 Å². The number of fused-ring (bicyclic) bond motifs is 1. The summed E-state index contributed by atoms with van der Waals surface area (Å²) in [6, 6.07) is 6.83. The number of nitrogens with two attached hydrogens (primary N) is 1. The van der Waals surface area contributed by atoms with E-state index in [1.165, 1.54) is 34.9 Å². The highest BCUT2D eigenvalue weighted by atomic mass is 35.5. The third-order valence-electron chi connectivity index (χ3n) is 2.87. The molecule has 3 rings (SSSR count). The Bertz CT molecular complexity index is 807. The van der Waals surface area contributed by atoms with Crippen molar-refractivity contribution in [1.82, 2.24) is 9.55 Å². The van der Waals surface area contributed by atoms with Crippen LogP contribution in [-0.2, 0) is 0 Å². The van der Waals surface area contributed by atoms with E-state index in [1.54, 1.807) is 0 Å². The Hall–Kier alpha value is -1.85. The Morgan fingerprint density at radius 3 is 2.35 bits per heavy atom. The number of halogens is 4. The first kappa shape index (κ1) is 13.1. The van der Waals surface area contributed by atoms with Crippen molar-refractivity contribution in [1.29, 1.82) is 0 Å². The van der Waals surface area contributed by atoms with Gasteiger partial charge in [-0.25, -0.2) is 13.8 Å². The van der Waals surface area contributed by atoms with Crippen LogP contribution in [0.25, 0.3) is 16.7 Å². The topological polar surface area (TPSA) is 43.8 Å². The molecule has 0 fully saturated rings. The Balaban J connectivity index is 2.32. The van der Waals surface area contributed by atoms with Crippen LogP contribution in [0.3, 0.4) is 0 Å². The van der Waals surface area contributed by atoms with Crippen LogP contribution in [-0.4, -0.2) is 9.55 Å². The molecule has 2 aromatic carbocycles. The van der Waals surface area contributed by atoms with E-state index in [2.05, 4.69) is 4.98 Å². The maximum atomic E-state index is 13.5. The SMILES string of the molecule is Nc1nc2cc(F)ccc2n1-c1cc(Cl)c(F)c(Cl)c1. The Kier molecular flexibility index (Phi) is 3.03. The number of nitrogen functional groups attached to an aromatic ring is 1. The standard InChI is InChI=1S/C13H7Cl2F2N3/c14-8-4-7(5-9(15)12(8)17)20-11-2-1-6(16)3-10(11)19-13(20)18/h1-5H,(H2,18,19). The molecule has 0 saturated heterocycles. The molecule has 3 aromatic rings. The van der Waals surface area contributed by atoms with Gasteiger partial charge in [-0.15, -0.1) is 0 Å². The lowest BCUT2D eigenvalue weighted by molar-refractivity contribution is 0.628. The van der Waals surface area contributed by atoms with Crippen molar-refractivity contribution in [2.45, 2.75) is 0 Å². The predicted molar refractivity (Wildman–Crippen MR) is 75.4 cm³/mol. The summed E-state index contributed by atoms with van der Waals surface area (Å²) in [5, 5.41) is -0.258. The smallest absolute Gasteiger partial charge is 0.205 e. The first-order valence-corrected chi connectivity index (χ1v) is 6.31. The molecule has 0 aliphatic rings. The zero-order valence-corrected chi connectivity index (χ0v) is 11.4. The second-order valence-electron chi connectivity index (χ2n) is 4.16. The molecule has 7 heteroatoms. The van der Waals surface area contributed by atoms with E-state index in [-0.39, 0.29) is 16.0 Å². The molecule has 0 spiro atoms. The maximum Gasteiger partial charge on any atom is 0.205 e. The van der Waals surface area contributed by atoms with E-state index in [4.69, 9.17) is 28.9 Å². The summed E-state index contributed by atoms with van der Waals surface area (Å²) in [5.74, 6) is -0.993. The van der Waals surface area contributed by atoms with Gasteiger partial charge in [0.2, 0.25) is 5.95 Å². The van der Waals surface area contributed by atoms with E-state index < -0.39 is 11.6 Å². The Morgan fingerprint density at radius 2 is 1.70 bits per heavy atom.